The van der Waals surface area contributed by atoms with E-state index in [9.17, 15) is 9.59 Å². The Labute approximate surface area is 145 Å². The van der Waals surface area contributed by atoms with E-state index in [1.54, 1.807) is 29.2 Å². The van der Waals surface area contributed by atoms with E-state index in [2.05, 4.69) is 0 Å². The summed E-state index contributed by atoms with van der Waals surface area (Å²) in [5.74, 6) is -0.137. The molecule has 0 atom stereocenters. The lowest BCUT2D eigenvalue weighted by atomic mass is 9.75. The van der Waals surface area contributed by atoms with E-state index >= 15 is 0 Å². The fourth-order valence-electron chi connectivity index (χ4n) is 3.49. The minimum Gasteiger partial charge on any atom is -0.278 e. The molecule has 0 N–H and O–H groups in total. The van der Waals surface area contributed by atoms with Gasteiger partial charge in [-0.3, -0.25) is 9.69 Å². The highest BCUT2D eigenvalue weighted by Crippen LogP contribution is 2.47. The summed E-state index contributed by atoms with van der Waals surface area (Å²) >= 11 is 5.93. The molecule has 0 aromatic heterocycles. The fraction of sp³-hybridized carbons (Fsp3) is 0.263. The van der Waals surface area contributed by atoms with Crippen LogP contribution >= 0.6 is 11.6 Å². The first-order chi connectivity index (χ1) is 11.5. The summed E-state index contributed by atoms with van der Waals surface area (Å²) in [5, 5.41) is 0.576. The van der Waals surface area contributed by atoms with Crippen LogP contribution in [0.2, 0.25) is 5.02 Å². The monoisotopic (exact) mass is 340 g/mol. The van der Waals surface area contributed by atoms with Crippen LogP contribution in [0, 0.1) is 6.92 Å². The van der Waals surface area contributed by atoms with Crippen molar-refractivity contribution >= 4 is 34.9 Å². The minimum absolute atomic E-state index is 0.137. The fourth-order valence-corrected chi connectivity index (χ4v) is 3.62. The normalized spacial score (nSPS) is 19.1. The number of halogens is 1. The Kier molecular flexibility index (Phi) is 3.39. The van der Waals surface area contributed by atoms with E-state index in [0.29, 0.717) is 23.6 Å². The van der Waals surface area contributed by atoms with Crippen molar-refractivity contribution in [2.24, 2.45) is 0 Å². The maximum atomic E-state index is 13.1. The summed E-state index contributed by atoms with van der Waals surface area (Å²) in [4.78, 5) is 29.1. The molecule has 4 nitrogen and oxygen atoms in total. The number of benzene rings is 2. The van der Waals surface area contributed by atoms with Crippen LogP contribution in [0.25, 0.3) is 0 Å². The Morgan fingerprint density at radius 2 is 1.50 bits per heavy atom. The van der Waals surface area contributed by atoms with Crippen LogP contribution in [0.5, 0.6) is 0 Å². The van der Waals surface area contributed by atoms with Crippen molar-refractivity contribution in [3.8, 4) is 0 Å². The quantitative estimate of drug-likeness (QED) is 0.753. The predicted molar refractivity (Wildman–Crippen MR) is 94.6 cm³/mol. The number of rotatable bonds is 2. The second-order valence-electron chi connectivity index (χ2n) is 6.46. The van der Waals surface area contributed by atoms with Gasteiger partial charge < -0.3 is 0 Å². The zero-order chi connectivity index (χ0) is 16.9. The van der Waals surface area contributed by atoms with Crippen molar-refractivity contribution in [2.45, 2.75) is 31.7 Å². The average molecular weight is 341 g/mol. The van der Waals surface area contributed by atoms with Gasteiger partial charge in [-0.05, 0) is 62.6 Å². The van der Waals surface area contributed by atoms with Gasteiger partial charge in [0.2, 0.25) is 0 Å². The standard InChI is InChI=1S/C19H17ClN2O2/c1-13-3-7-16(8-4-13)22-18(24)21(15-9-5-14(20)6-10-15)17(23)19(22)11-2-12-19/h3-10H,2,11-12H2,1H3. The number of aryl methyl sites for hydroxylation is 1. The lowest BCUT2D eigenvalue weighted by Gasteiger charge is -2.42. The van der Waals surface area contributed by atoms with Gasteiger partial charge in [-0.1, -0.05) is 29.3 Å². The van der Waals surface area contributed by atoms with Crippen LogP contribution in [0.1, 0.15) is 24.8 Å². The molecule has 0 bridgehead atoms. The maximum absolute atomic E-state index is 13.1. The first-order valence-corrected chi connectivity index (χ1v) is 8.42. The summed E-state index contributed by atoms with van der Waals surface area (Å²) in [6.45, 7) is 2.00. The molecule has 5 heteroatoms. The van der Waals surface area contributed by atoms with E-state index in [4.69, 9.17) is 11.6 Å². The van der Waals surface area contributed by atoms with E-state index in [1.165, 1.54) is 4.90 Å². The molecule has 0 radical (unpaired) electrons. The van der Waals surface area contributed by atoms with Crippen LogP contribution in [0.4, 0.5) is 16.2 Å². The Hall–Kier alpha value is -2.33. The van der Waals surface area contributed by atoms with Gasteiger partial charge in [0.1, 0.15) is 5.54 Å². The van der Waals surface area contributed by atoms with Crippen LogP contribution in [-0.2, 0) is 4.79 Å². The molecule has 2 aromatic rings. The number of carbonyl (C=O) groups is 2. The Balaban J connectivity index is 1.79. The zero-order valence-electron chi connectivity index (χ0n) is 13.3. The molecule has 0 unspecified atom stereocenters. The van der Waals surface area contributed by atoms with Crippen molar-refractivity contribution in [2.75, 3.05) is 9.80 Å². The summed E-state index contributed by atoms with van der Waals surface area (Å²) < 4.78 is 0. The number of urea groups is 1. The molecular weight excluding hydrogens is 324 g/mol. The number of hydrogen-bond acceptors (Lipinski definition) is 2. The van der Waals surface area contributed by atoms with Gasteiger partial charge in [0.25, 0.3) is 5.91 Å². The lowest BCUT2D eigenvalue weighted by Crippen LogP contribution is -2.55. The molecule has 2 aromatic carbocycles. The molecule has 1 aliphatic carbocycles. The topological polar surface area (TPSA) is 40.6 Å². The molecule has 24 heavy (non-hydrogen) atoms. The van der Waals surface area contributed by atoms with Gasteiger partial charge in [0.05, 0.1) is 5.69 Å². The molecule has 4 rings (SSSR count). The molecular formula is C19H17ClN2O2. The molecule has 1 heterocycles. The number of anilines is 2. The van der Waals surface area contributed by atoms with Crippen molar-refractivity contribution in [3.63, 3.8) is 0 Å². The number of amides is 3. The number of hydrogen-bond donors (Lipinski definition) is 0. The third-order valence-corrected chi connectivity index (χ3v) is 5.22. The van der Waals surface area contributed by atoms with Crippen LogP contribution in [-0.4, -0.2) is 17.5 Å². The largest absolute Gasteiger partial charge is 0.336 e. The first-order valence-electron chi connectivity index (χ1n) is 8.04. The van der Waals surface area contributed by atoms with Crippen molar-refractivity contribution < 1.29 is 9.59 Å². The van der Waals surface area contributed by atoms with E-state index in [1.807, 2.05) is 31.2 Å². The van der Waals surface area contributed by atoms with Crippen molar-refractivity contribution in [3.05, 3.63) is 59.1 Å². The second kappa shape index (κ2) is 5.35. The maximum Gasteiger partial charge on any atom is 0.336 e. The molecule has 1 saturated heterocycles. The Morgan fingerprint density at radius 3 is 2.04 bits per heavy atom. The molecule has 2 fully saturated rings. The van der Waals surface area contributed by atoms with Crippen molar-refractivity contribution in [1.82, 2.24) is 0 Å². The summed E-state index contributed by atoms with van der Waals surface area (Å²) in [5.41, 5.74) is 1.73. The zero-order valence-corrected chi connectivity index (χ0v) is 14.1. The van der Waals surface area contributed by atoms with Crippen molar-refractivity contribution in [1.29, 1.82) is 0 Å². The predicted octanol–water partition coefficient (Wildman–Crippen LogP) is 4.54. The van der Waals surface area contributed by atoms with E-state index in [0.717, 1.165) is 17.7 Å². The third kappa shape index (κ3) is 2.06. The molecule has 3 amide bonds. The number of nitrogens with zero attached hydrogens (tertiary/aromatic N) is 2. The summed E-state index contributed by atoms with van der Waals surface area (Å²) in [6, 6.07) is 14.3. The Bertz CT molecular complexity index is 810. The van der Waals surface area contributed by atoms with E-state index < -0.39 is 5.54 Å². The Morgan fingerprint density at radius 1 is 0.917 bits per heavy atom. The highest BCUT2D eigenvalue weighted by molar-refractivity contribution is 6.32. The molecule has 2 aliphatic rings. The second-order valence-corrected chi connectivity index (χ2v) is 6.89. The molecule has 122 valence electrons. The highest BCUT2D eigenvalue weighted by atomic mass is 35.5. The highest BCUT2D eigenvalue weighted by Gasteiger charge is 2.61. The van der Waals surface area contributed by atoms with E-state index in [-0.39, 0.29) is 11.9 Å². The van der Waals surface area contributed by atoms with Gasteiger partial charge in [-0.25, -0.2) is 9.69 Å². The van der Waals surface area contributed by atoms with Gasteiger partial charge in [0.15, 0.2) is 0 Å². The van der Waals surface area contributed by atoms with Crippen LogP contribution < -0.4 is 9.80 Å². The van der Waals surface area contributed by atoms with Gasteiger partial charge in [-0.15, -0.1) is 0 Å². The lowest BCUT2D eigenvalue weighted by molar-refractivity contribution is -0.123. The third-order valence-electron chi connectivity index (χ3n) is 4.97. The SMILES string of the molecule is Cc1ccc(N2C(=O)N(c3ccc(Cl)cc3)C(=O)C23CCC3)cc1. The average Bonchev–Trinajstić information content (AvgIpc) is 2.77. The molecule has 1 aliphatic heterocycles. The number of carbonyl (C=O) groups excluding carboxylic acids is 2. The first kappa shape index (κ1) is 15.2. The van der Waals surface area contributed by atoms with Crippen LogP contribution in [0.3, 0.4) is 0 Å². The smallest absolute Gasteiger partial charge is 0.278 e. The molecule has 1 saturated carbocycles. The van der Waals surface area contributed by atoms with Gasteiger partial charge in [-0.2, -0.15) is 0 Å². The summed E-state index contributed by atoms with van der Waals surface area (Å²) in [7, 11) is 0. The van der Waals surface area contributed by atoms with Gasteiger partial charge >= 0.3 is 6.03 Å². The van der Waals surface area contributed by atoms with Gasteiger partial charge in [0, 0.05) is 10.7 Å². The number of imide groups is 1. The summed E-state index contributed by atoms with van der Waals surface area (Å²) in [6.07, 6.45) is 2.36. The minimum atomic E-state index is -0.730. The molecule has 1 spiro atoms. The van der Waals surface area contributed by atoms with Crippen LogP contribution in [0.15, 0.2) is 48.5 Å².